The molecule has 0 radical (unpaired) electrons. The number of aromatic nitrogens is 1. The first-order valence-electron chi connectivity index (χ1n) is 3.83. The van der Waals surface area contributed by atoms with Gasteiger partial charge >= 0.3 is 6.36 Å². The van der Waals surface area contributed by atoms with Crippen LogP contribution >= 0.6 is 11.6 Å². The van der Waals surface area contributed by atoms with E-state index in [-0.39, 0.29) is 0 Å². The summed E-state index contributed by atoms with van der Waals surface area (Å²) in [6, 6.07) is 0. The number of ether oxygens (including phenoxy) is 1. The molecule has 0 spiro atoms. The van der Waals surface area contributed by atoms with Gasteiger partial charge in [0.2, 0.25) is 5.88 Å². The van der Waals surface area contributed by atoms with Crippen LogP contribution in [0.4, 0.5) is 17.6 Å². The Morgan fingerprint density at radius 1 is 1.50 bits per heavy atom. The Hall–Kier alpha value is -1.37. The van der Waals surface area contributed by atoms with Crippen molar-refractivity contribution in [2.75, 3.05) is 0 Å². The minimum absolute atomic E-state index is 0.538. The third-order valence-electron chi connectivity index (χ3n) is 1.62. The molecule has 0 unspecified atom stereocenters. The van der Waals surface area contributed by atoms with Crippen LogP contribution in [0.2, 0.25) is 0 Å². The van der Waals surface area contributed by atoms with Gasteiger partial charge in [-0.25, -0.2) is 9.37 Å². The van der Waals surface area contributed by atoms with Gasteiger partial charge in [-0.1, -0.05) is 0 Å². The number of hydrogen-bond donors (Lipinski definition) is 0. The monoisotopic (exact) mass is 257 g/mol. The zero-order valence-electron chi connectivity index (χ0n) is 7.73. The summed E-state index contributed by atoms with van der Waals surface area (Å²) in [6.07, 6.45) is -4.39. The minimum Gasteiger partial charge on any atom is -0.387 e. The molecule has 1 aromatic heterocycles. The molecule has 0 saturated heterocycles. The average molecular weight is 258 g/mol. The van der Waals surface area contributed by atoms with Gasteiger partial charge in [-0.05, 0) is 18.5 Å². The summed E-state index contributed by atoms with van der Waals surface area (Å²) < 4.78 is 52.2. The molecule has 1 aromatic rings. The lowest BCUT2D eigenvalue weighted by atomic mass is 10.2. The molecule has 0 amide bonds. The fourth-order valence-corrected chi connectivity index (χ4v) is 1.05. The molecule has 0 atom stereocenters. The first kappa shape index (κ1) is 12.7. The average Bonchev–Trinajstić information content (AvgIpc) is 2.10. The smallest absolute Gasteiger partial charge is 0.387 e. The van der Waals surface area contributed by atoms with Gasteiger partial charge < -0.3 is 4.74 Å². The van der Waals surface area contributed by atoms with Gasteiger partial charge in [0.25, 0.3) is 5.24 Å². The lowest BCUT2D eigenvalue weighted by molar-refractivity contribution is -0.276. The van der Waals surface area contributed by atoms with Crippen molar-refractivity contribution < 1.29 is 27.1 Å². The number of alkyl halides is 3. The SMILES string of the molecule is Cc1c(OC(F)(F)F)ncc(C(=O)Cl)c1F. The lowest BCUT2D eigenvalue weighted by Gasteiger charge is -2.11. The zero-order chi connectivity index (χ0) is 12.5. The van der Waals surface area contributed by atoms with E-state index in [9.17, 15) is 22.4 Å². The number of nitrogens with zero attached hydrogens (tertiary/aromatic N) is 1. The zero-order valence-corrected chi connectivity index (χ0v) is 8.49. The lowest BCUT2D eigenvalue weighted by Crippen LogP contribution is -2.19. The molecule has 0 aliphatic heterocycles. The Labute approximate surface area is 92.0 Å². The van der Waals surface area contributed by atoms with Crippen molar-refractivity contribution in [2.24, 2.45) is 0 Å². The number of carbonyl (C=O) groups excluding carboxylic acids is 1. The number of halogens is 5. The molecule has 3 nitrogen and oxygen atoms in total. The number of rotatable bonds is 2. The number of carbonyl (C=O) groups is 1. The summed E-state index contributed by atoms with van der Waals surface area (Å²) in [6.45, 7) is 0.993. The molecule has 88 valence electrons. The normalized spacial score (nSPS) is 11.4. The predicted molar refractivity (Wildman–Crippen MR) is 45.8 cm³/mol. The van der Waals surface area contributed by atoms with Crippen molar-refractivity contribution in [2.45, 2.75) is 13.3 Å². The van der Waals surface area contributed by atoms with Crippen LogP contribution in [-0.4, -0.2) is 16.6 Å². The molecule has 0 fully saturated rings. The highest BCUT2D eigenvalue weighted by Gasteiger charge is 2.33. The highest BCUT2D eigenvalue weighted by Crippen LogP contribution is 2.27. The fourth-order valence-electron chi connectivity index (χ4n) is 0.922. The van der Waals surface area contributed by atoms with E-state index in [0.29, 0.717) is 6.20 Å². The van der Waals surface area contributed by atoms with E-state index in [2.05, 4.69) is 9.72 Å². The van der Waals surface area contributed by atoms with E-state index >= 15 is 0 Å². The van der Waals surface area contributed by atoms with Crippen molar-refractivity contribution in [3.8, 4) is 5.88 Å². The maximum Gasteiger partial charge on any atom is 0.574 e. The van der Waals surface area contributed by atoms with E-state index in [1.807, 2.05) is 0 Å². The van der Waals surface area contributed by atoms with E-state index in [0.717, 1.165) is 6.92 Å². The standard InChI is InChI=1S/C8H4ClF4NO2/c1-3-5(10)4(6(9)15)2-14-7(3)16-8(11,12)13/h2H,1H3. The predicted octanol–water partition coefficient (Wildman–Crippen LogP) is 2.81. The van der Waals surface area contributed by atoms with Gasteiger partial charge in [-0.15, -0.1) is 13.2 Å². The summed E-state index contributed by atoms with van der Waals surface area (Å²) in [7, 11) is 0. The molecule has 1 rings (SSSR count). The van der Waals surface area contributed by atoms with Gasteiger partial charge in [0, 0.05) is 11.8 Å². The van der Waals surface area contributed by atoms with Gasteiger partial charge in [0.05, 0.1) is 5.56 Å². The molecular weight excluding hydrogens is 254 g/mol. The Kier molecular flexibility index (Phi) is 3.37. The molecule has 0 aliphatic rings. The van der Waals surface area contributed by atoms with Crippen LogP contribution in [0.5, 0.6) is 5.88 Å². The van der Waals surface area contributed by atoms with E-state index in [1.165, 1.54) is 0 Å². The maximum absolute atomic E-state index is 13.3. The fraction of sp³-hybridized carbons (Fsp3) is 0.250. The first-order valence-corrected chi connectivity index (χ1v) is 4.21. The summed E-state index contributed by atoms with van der Waals surface area (Å²) in [5.74, 6) is -2.14. The third kappa shape index (κ3) is 2.82. The van der Waals surface area contributed by atoms with Crippen LogP contribution in [-0.2, 0) is 0 Å². The molecular formula is C8H4ClF4NO2. The first-order chi connectivity index (χ1) is 7.22. The van der Waals surface area contributed by atoms with Crippen molar-refractivity contribution in [1.82, 2.24) is 4.98 Å². The van der Waals surface area contributed by atoms with Crippen molar-refractivity contribution in [3.05, 3.63) is 23.1 Å². The molecule has 0 bridgehead atoms. The van der Waals surface area contributed by atoms with E-state index < -0.39 is 34.4 Å². The van der Waals surface area contributed by atoms with Crippen molar-refractivity contribution >= 4 is 16.8 Å². The molecule has 0 saturated carbocycles. The quantitative estimate of drug-likeness (QED) is 0.604. The van der Waals surface area contributed by atoms with Gasteiger partial charge in [0.15, 0.2) is 0 Å². The van der Waals surface area contributed by atoms with Gasteiger partial charge in [-0.2, -0.15) is 0 Å². The summed E-state index contributed by atoms with van der Waals surface area (Å²) in [4.78, 5) is 13.8. The van der Waals surface area contributed by atoms with E-state index in [4.69, 9.17) is 11.6 Å². The summed E-state index contributed by atoms with van der Waals surface area (Å²) in [5, 5.41) is -1.15. The van der Waals surface area contributed by atoms with Crippen LogP contribution in [0.25, 0.3) is 0 Å². The van der Waals surface area contributed by atoms with Crippen LogP contribution in [0, 0.1) is 12.7 Å². The highest BCUT2D eigenvalue weighted by atomic mass is 35.5. The molecule has 0 aliphatic carbocycles. The Balaban J connectivity index is 3.17. The largest absolute Gasteiger partial charge is 0.574 e. The Morgan fingerprint density at radius 3 is 2.50 bits per heavy atom. The van der Waals surface area contributed by atoms with Crippen molar-refractivity contribution in [3.63, 3.8) is 0 Å². The van der Waals surface area contributed by atoms with Crippen LogP contribution in [0.1, 0.15) is 15.9 Å². The Morgan fingerprint density at radius 2 is 2.06 bits per heavy atom. The topological polar surface area (TPSA) is 39.2 Å². The number of pyridine rings is 1. The van der Waals surface area contributed by atoms with Crippen LogP contribution in [0.15, 0.2) is 6.20 Å². The second kappa shape index (κ2) is 4.25. The molecule has 8 heteroatoms. The third-order valence-corrected chi connectivity index (χ3v) is 1.83. The second-order valence-corrected chi connectivity index (χ2v) is 3.08. The van der Waals surface area contributed by atoms with Crippen molar-refractivity contribution in [1.29, 1.82) is 0 Å². The summed E-state index contributed by atoms with van der Waals surface area (Å²) in [5.41, 5.74) is -1.14. The second-order valence-electron chi connectivity index (χ2n) is 2.74. The molecule has 1 heterocycles. The maximum atomic E-state index is 13.3. The van der Waals surface area contributed by atoms with Crippen LogP contribution in [0.3, 0.4) is 0 Å². The molecule has 16 heavy (non-hydrogen) atoms. The minimum atomic E-state index is -4.98. The van der Waals surface area contributed by atoms with Gasteiger partial charge in [-0.3, -0.25) is 4.79 Å². The number of hydrogen-bond acceptors (Lipinski definition) is 3. The molecule has 0 aromatic carbocycles. The summed E-state index contributed by atoms with van der Waals surface area (Å²) >= 11 is 4.98. The Bertz CT molecular complexity index is 433. The van der Waals surface area contributed by atoms with Gasteiger partial charge in [0.1, 0.15) is 5.82 Å². The van der Waals surface area contributed by atoms with Crippen LogP contribution < -0.4 is 4.74 Å². The molecule has 0 N–H and O–H groups in total. The van der Waals surface area contributed by atoms with E-state index in [1.54, 1.807) is 0 Å². The highest BCUT2D eigenvalue weighted by molar-refractivity contribution is 6.67.